The number of rotatable bonds is 6. The van der Waals surface area contributed by atoms with Gasteiger partial charge in [0, 0.05) is 18.2 Å². The predicted molar refractivity (Wildman–Crippen MR) is 66.7 cm³/mol. The maximum atomic E-state index is 10.5. The molecule has 0 N–H and O–H groups in total. The standard InChI is InChI=1S/C13H19NO3/c1-10-7-11(16-3)8-13(17-4)12(10)9-14(2)5-6-15/h6-8H,5,9H2,1-4H3. The van der Waals surface area contributed by atoms with Gasteiger partial charge in [0.2, 0.25) is 0 Å². The molecule has 0 atom stereocenters. The summed E-state index contributed by atoms with van der Waals surface area (Å²) in [5, 5.41) is 0. The first-order valence-corrected chi connectivity index (χ1v) is 5.46. The third kappa shape index (κ3) is 3.46. The Morgan fingerprint density at radius 1 is 1.29 bits per heavy atom. The molecule has 0 unspecified atom stereocenters. The Balaban J connectivity index is 3.00. The predicted octanol–water partition coefficient (Wildman–Crippen LogP) is 1.64. The number of ether oxygens (including phenoxy) is 2. The second kappa shape index (κ2) is 6.25. The Morgan fingerprint density at radius 3 is 2.53 bits per heavy atom. The molecule has 0 aliphatic carbocycles. The minimum atomic E-state index is 0.411. The smallest absolute Gasteiger partial charge is 0.133 e. The average molecular weight is 237 g/mol. The van der Waals surface area contributed by atoms with Gasteiger partial charge in [-0.15, -0.1) is 0 Å². The first-order chi connectivity index (χ1) is 8.12. The molecule has 0 radical (unpaired) electrons. The van der Waals surface area contributed by atoms with E-state index in [2.05, 4.69) is 0 Å². The lowest BCUT2D eigenvalue weighted by molar-refractivity contribution is -0.108. The Bertz CT molecular complexity index is 390. The van der Waals surface area contributed by atoms with Crippen LogP contribution in [0.15, 0.2) is 12.1 Å². The average Bonchev–Trinajstić information content (AvgIpc) is 2.31. The van der Waals surface area contributed by atoms with Crippen LogP contribution in [0.5, 0.6) is 11.5 Å². The second-order valence-electron chi connectivity index (χ2n) is 3.99. The summed E-state index contributed by atoms with van der Waals surface area (Å²) < 4.78 is 10.5. The van der Waals surface area contributed by atoms with E-state index in [4.69, 9.17) is 9.47 Å². The molecule has 4 heteroatoms. The van der Waals surface area contributed by atoms with Gasteiger partial charge in [-0.1, -0.05) is 0 Å². The Hall–Kier alpha value is -1.55. The van der Waals surface area contributed by atoms with Crippen molar-refractivity contribution in [1.29, 1.82) is 0 Å². The molecule has 0 amide bonds. The molecule has 0 spiro atoms. The molecular formula is C13H19NO3. The molecule has 1 aromatic rings. The molecule has 17 heavy (non-hydrogen) atoms. The van der Waals surface area contributed by atoms with Crippen LogP contribution in [-0.2, 0) is 11.3 Å². The first-order valence-electron chi connectivity index (χ1n) is 5.46. The molecule has 0 heterocycles. The van der Waals surface area contributed by atoms with Gasteiger partial charge in [-0.05, 0) is 25.6 Å². The summed E-state index contributed by atoms with van der Waals surface area (Å²) in [4.78, 5) is 12.4. The van der Waals surface area contributed by atoms with Crippen molar-refractivity contribution in [3.05, 3.63) is 23.3 Å². The van der Waals surface area contributed by atoms with Crippen LogP contribution >= 0.6 is 0 Å². The fourth-order valence-corrected chi connectivity index (χ4v) is 1.72. The SMILES string of the molecule is COc1cc(C)c(CN(C)CC=O)c(OC)c1. The molecule has 1 aromatic carbocycles. The third-order valence-electron chi connectivity index (χ3n) is 2.68. The largest absolute Gasteiger partial charge is 0.497 e. The maximum absolute atomic E-state index is 10.5. The van der Waals surface area contributed by atoms with Crippen molar-refractivity contribution >= 4 is 6.29 Å². The van der Waals surface area contributed by atoms with Gasteiger partial charge in [0.25, 0.3) is 0 Å². The van der Waals surface area contributed by atoms with E-state index in [-0.39, 0.29) is 0 Å². The minimum Gasteiger partial charge on any atom is -0.497 e. The fraction of sp³-hybridized carbons (Fsp3) is 0.462. The molecule has 94 valence electrons. The monoisotopic (exact) mass is 237 g/mol. The van der Waals surface area contributed by atoms with E-state index in [0.29, 0.717) is 13.1 Å². The summed E-state index contributed by atoms with van der Waals surface area (Å²) in [6.07, 6.45) is 0.894. The van der Waals surface area contributed by atoms with Crippen molar-refractivity contribution < 1.29 is 14.3 Å². The Morgan fingerprint density at radius 2 is 2.00 bits per heavy atom. The Kier molecular flexibility index (Phi) is 4.97. The summed E-state index contributed by atoms with van der Waals surface area (Å²) in [6.45, 7) is 3.10. The van der Waals surface area contributed by atoms with Gasteiger partial charge in [0.05, 0.1) is 20.8 Å². The number of methoxy groups -OCH3 is 2. The molecule has 1 rings (SSSR count). The summed E-state index contributed by atoms with van der Waals surface area (Å²) in [7, 11) is 5.17. The Labute approximate surface area is 102 Å². The number of hydrogen-bond donors (Lipinski definition) is 0. The number of aryl methyl sites for hydroxylation is 1. The van der Waals surface area contributed by atoms with E-state index in [1.54, 1.807) is 14.2 Å². The van der Waals surface area contributed by atoms with Crippen LogP contribution in [-0.4, -0.2) is 39.0 Å². The topological polar surface area (TPSA) is 38.8 Å². The van der Waals surface area contributed by atoms with Gasteiger partial charge in [0.1, 0.15) is 17.8 Å². The molecule has 0 aliphatic rings. The lowest BCUT2D eigenvalue weighted by Gasteiger charge is -2.18. The number of carbonyl (C=O) groups is 1. The molecule has 4 nitrogen and oxygen atoms in total. The summed E-state index contributed by atoms with van der Waals surface area (Å²) >= 11 is 0. The highest BCUT2D eigenvalue weighted by Crippen LogP contribution is 2.29. The van der Waals surface area contributed by atoms with Gasteiger partial charge in [-0.2, -0.15) is 0 Å². The van der Waals surface area contributed by atoms with Crippen molar-refractivity contribution in [1.82, 2.24) is 4.90 Å². The van der Waals surface area contributed by atoms with Crippen molar-refractivity contribution in [2.75, 3.05) is 27.8 Å². The summed E-state index contributed by atoms with van der Waals surface area (Å²) in [5.41, 5.74) is 2.18. The second-order valence-corrected chi connectivity index (χ2v) is 3.99. The molecular weight excluding hydrogens is 218 g/mol. The molecule has 0 aliphatic heterocycles. The van der Waals surface area contributed by atoms with Crippen LogP contribution < -0.4 is 9.47 Å². The zero-order valence-electron chi connectivity index (χ0n) is 10.8. The first kappa shape index (κ1) is 13.5. The fourth-order valence-electron chi connectivity index (χ4n) is 1.72. The molecule has 0 fully saturated rings. The number of nitrogens with zero attached hydrogens (tertiary/aromatic N) is 1. The van der Waals surface area contributed by atoms with E-state index in [9.17, 15) is 4.79 Å². The van der Waals surface area contributed by atoms with Gasteiger partial charge < -0.3 is 14.3 Å². The van der Waals surface area contributed by atoms with E-state index < -0.39 is 0 Å². The van der Waals surface area contributed by atoms with Gasteiger partial charge in [-0.3, -0.25) is 4.90 Å². The minimum absolute atomic E-state index is 0.411. The zero-order valence-corrected chi connectivity index (χ0v) is 10.8. The number of hydrogen-bond acceptors (Lipinski definition) is 4. The lowest BCUT2D eigenvalue weighted by Crippen LogP contribution is -2.20. The van der Waals surface area contributed by atoms with E-state index in [0.717, 1.165) is 28.9 Å². The highest BCUT2D eigenvalue weighted by Gasteiger charge is 2.11. The van der Waals surface area contributed by atoms with Crippen molar-refractivity contribution in [2.24, 2.45) is 0 Å². The quantitative estimate of drug-likeness (QED) is 0.705. The van der Waals surface area contributed by atoms with Crippen LogP contribution in [0.4, 0.5) is 0 Å². The highest BCUT2D eigenvalue weighted by atomic mass is 16.5. The molecule has 0 saturated carbocycles. The molecule has 0 saturated heterocycles. The third-order valence-corrected chi connectivity index (χ3v) is 2.68. The number of carbonyl (C=O) groups excluding carboxylic acids is 1. The zero-order chi connectivity index (χ0) is 12.8. The lowest BCUT2D eigenvalue weighted by atomic mass is 10.1. The number of likely N-dealkylation sites (N-methyl/N-ethyl adjacent to an activating group) is 1. The van der Waals surface area contributed by atoms with Crippen LogP contribution in [0, 0.1) is 6.92 Å². The van der Waals surface area contributed by atoms with Crippen LogP contribution in [0.1, 0.15) is 11.1 Å². The van der Waals surface area contributed by atoms with Crippen molar-refractivity contribution in [3.8, 4) is 11.5 Å². The molecule has 0 aromatic heterocycles. The van der Waals surface area contributed by atoms with E-state index in [1.165, 1.54) is 0 Å². The normalized spacial score (nSPS) is 10.4. The van der Waals surface area contributed by atoms with Crippen LogP contribution in [0.25, 0.3) is 0 Å². The van der Waals surface area contributed by atoms with Crippen LogP contribution in [0.2, 0.25) is 0 Å². The van der Waals surface area contributed by atoms with E-state index in [1.807, 2.05) is 31.0 Å². The number of benzene rings is 1. The van der Waals surface area contributed by atoms with Crippen LogP contribution in [0.3, 0.4) is 0 Å². The van der Waals surface area contributed by atoms with Gasteiger partial charge in [0.15, 0.2) is 0 Å². The van der Waals surface area contributed by atoms with Gasteiger partial charge in [-0.25, -0.2) is 0 Å². The molecule has 0 bridgehead atoms. The van der Waals surface area contributed by atoms with E-state index >= 15 is 0 Å². The van der Waals surface area contributed by atoms with Crippen molar-refractivity contribution in [2.45, 2.75) is 13.5 Å². The summed E-state index contributed by atoms with van der Waals surface area (Å²) in [6, 6.07) is 3.82. The van der Waals surface area contributed by atoms with Crippen molar-refractivity contribution in [3.63, 3.8) is 0 Å². The number of aldehydes is 1. The highest BCUT2D eigenvalue weighted by molar-refractivity contribution is 5.52. The van der Waals surface area contributed by atoms with Gasteiger partial charge >= 0.3 is 0 Å². The maximum Gasteiger partial charge on any atom is 0.133 e. The summed E-state index contributed by atoms with van der Waals surface area (Å²) in [5.74, 6) is 1.57.